The minimum Gasteiger partial charge on any atom is -0.509 e. The summed E-state index contributed by atoms with van der Waals surface area (Å²) in [6, 6.07) is 56.5. The summed E-state index contributed by atoms with van der Waals surface area (Å²) in [6.45, 7) is 16.8. The van der Waals surface area contributed by atoms with E-state index < -0.39 is 5.89 Å². The molecule has 0 N–H and O–H groups in total. The number of aromatic nitrogens is 2. The van der Waals surface area contributed by atoms with Crippen molar-refractivity contribution < 1.29 is 36.0 Å². The Bertz CT molecular complexity index is 3430. The number of para-hydroxylation sites is 3. The second kappa shape index (κ2) is 17.5. The van der Waals surface area contributed by atoms with Crippen LogP contribution in [0.15, 0.2) is 152 Å². The Morgan fingerprint density at radius 1 is 0.642 bits per heavy atom. The van der Waals surface area contributed by atoms with Crippen LogP contribution in [0.2, 0.25) is 0 Å². The van der Waals surface area contributed by atoms with E-state index in [0.29, 0.717) is 22.7 Å². The SMILES string of the molecule is [2H]C(C)(C)c1cc(Oc2[c-]c3c(cc2)c2ccccc2n3-c2cc(C(C)(C)C)ccn2)[c-]c([N+]2=C=[N+](c3c(-c4ccc(F)cc4)cc(C(C)(C)C)cc3-c3ccc(F)cc3)c3ccccc32)c1.[Pt+2]. The maximum Gasteiger partial charge on any atom is 2.00 e. The number of benzene rings is 7. The van der Waals surface area contributed by atoms with Crippen LogP contribution >= 0.6 is 0 Å². The normalized spacial score (nSPS) is 13.0. The summed E-state index contributed by atoms with van der Waals surface area (Å²) in [7, 11) is 0. The zero-order valence-corrected chi connectivity index (χ0v) is 41.0. The smallest absolute Gasteiger partial charge is 0.509 e. The Kier molecular flexibility index (Phi) is 11.5. The average molecular weight is 1070 g/mol. The zero-order chi connectivity index (χ0) is 47.0. The molecule has 5 nitrogen and oxygen atoms in total. The summed E-state index contributed by atoms with van der Waals surface area (Å²) in [4.78, 5) is 4.85. The Labute approximate surface area is 407 Å². The van der Waals surface area contributed by atoms with Crippen LogP contribution in [-0.4, -0.2) is 15.6 Å². The van der Waals surface area contributed by atoms with Gasteiger partial charge in [-0.15, -0.1) is 29.1 Å². The number of fused-ring (bicyclic) bond motifs is 4. The van der Waals surface area contributed by atoms with Gasteiger partial charge < -0.3 is 9.30 Å². The van der Waals surface area contributed by atoms with Crippen LogP contribution in [0.4, 0.5) is 31.5 Å². The van der Waals surface area contributed by atoms with E-state index in [1.165, 1.54) is 29.8 Å². The molecule has 334 valence electrons. The quantitative estimate of drug-likeness (QED) is 0.112. The largest absolute Gasteiger partial charge is 2.00 e. The van der Waals surface area contributed by atoms with Crippen molar-refractivity contribution in [3.05, 3.63) is 192 Å². The zero-order valence-electron chi connectivity index (χ0n) is 39.7. The minimum atomic E-state index is -1.01. The maximum absolute atomic E-state index is 14.5. The summed E-state index contributed by atoms with van der Waals surface area (Å²) in [5, 5.41) is 2.10. The summed E-state index contributed by atoms with van der Waals surface area (Å²) < 4.78 is 51.2. The molecule has 9 aromatic rings. The van der Waals surface area contributed by atoms with Gasteiger partial charge in [0.2, 0.25) is 5.69 Å². The van der Waals surface area contributed by atoms with Crippen molar-refractivity contribution in [2.24, 2.45) is 0 Å². The molecule has 0 aliphatic carbocycles. The van der Waals surface area contributed by atoms with Crippen molar-refractivity contribution in [1.82, 2.24) is 18.7 Å². The van der Waals surface area contributed by atoms with Gasteiger partial charge in [-0.25, -0.2) is 13.8 Å². The fraction of sp³-hybridized carbons (Fsp3) is 0.186. The Morgan fingerprint density at radius 2 is 1.24 bits per heavy atom. The van der Waals surface area contributed by atoms with Crippen LogP contribution in [0.3, 0.4) is 0 Å². The van der Waals surface area contributed by atoms with Crippen molar-refractivity contribution in [3.63, 3.8) is 0 Å². The first kappa shape index (κ1) is 44.1. The van der Waals surface area contributed by atoms with Crippen molar-refractivity contribution in [3.8, 4) is 39.6 Å². The number of hydrogen-bond donors (Lipinski definition) is 0. The van der Waals surface area contributed by atoms with Gasteiger partial charge in [-0.2, -0.15) is 6.07 Å². The van der Waals surface area contributed by atoms with Gasteiger partial charge in [-0.05, 0) is 104 Å². The third-order valence-corrected chi connectivity index (χ3v) is 12.3. The molecule has 2 aromatic heterocycles. The molecule has 0 spiro atoms. The molecule has 8 heteroatoms. The van der Waals surface area contributed by atoms with Gasteiger partial charge in [0.25, 0.3) is 11.4 Å². The number of rotatable bonds is 8. The predicted molar refractivity (Wildman–Crippen MR) is 266 cm³/mol. The molecule has 1 aliphatic rings. The molecule has 1 aliphatic heterocycles. The van der Waals surface area contributed by atoms with Gasteiger partial charge in [0.15, 0.2) is 0 Å². The summed E-state index contributed by atoms with van der Waals surface area (Å²) in [5.74, 6) is -0.000703. The van der Waals surface area contributed by atoms with Crippen molar-refractivity contribution in [2.45, 2.75) is 72.1 Å². The monoisotopic (exact) mass is 1060 g/mol. The molecule has 0 atom stereocenters. The van der Waals surface area contributed by atoms with E-state index in [9.17, 15) is 10.2 Å². The molecular formula is C59H50F2N4OPt+2. The summed E-state index contributed by atoms with van der Waals surface area (Å²) in [6.07, 6.45) is 1.86. The van der Waals surface area contributed by atoms with Gasteiger partial charge in [0.1, 0.15) is 23.1 Å². The number of hydrogen-bond acceptors (Lipinski definition) is 2. The van der Waals surface area contributed by atoms with E-state index in [0.717, 1.165) is 72.5 Å². The average Bonchev–Trinajstić information content (AvgIpc) is 3.84. The van der Waals surface area contributed by atoms with Crippen LogP contribution in [0.25, 0.3) is 49.9 Å². The molecule has 0 bridgehead atoms. The molecule has 7 aromatic carbocycles. The third kappa shape index (κ3) is 8.59. The fourth-order valence-electron chi connectivity index (χ4n) is 8.70. The maximum atomic E-state index is 14.5. The van der Waals surface area contributed by atoms with Crippen molar-refractivity contribution in [1.29, 1.82) is 0 Å². The van der Waals surface area contributed by atoms with E-state index >= 15 is 0 Å². The third-order valence-electron chi connectivity index (χ3n) is 12.3. The predicted octanol–water partition coefficient (Wildman–Crippen LogP) is 15.8. The van der Waals surface area contributed by atoms with Crippen LogP contribution in [0.1, 0.15) is 79.3 Å². The first-order valence-corrected chi connectivity index (χ1v) is 22.2. The Hall–Kier alpha value is -6.78. The molecular weight excluding hydrogens is 1010 g/mol. The second-order valence-corrected chi connectivity index (χ2v) is 19.3. The van der Waals surface area contributed by atoms with Crippen molar-refractivity contribution >= 4 is 50.6 Å². The minimum absolute atomic E-state index is 0. The molecule has 0 radical (unpaired) electrons. The van der Waals surface area contributed by atoms with Gasteiger partial charge >= 0.3 is 27.1 Å². The van der Waals surface area contributed by atoms with Crippen molar-refractivity contribution in [2.75, 3.05) is 0 Å². The standard InChI is InChI=1S/C59H50F2N4O.Pt/c1-37(2)40-29-45(34-47(30-40)66-46-25-26-49-48-13-9-10-14-52(48)65(55(49)35-46)56-33-41(27-28-62-56)58(3,4)5)63-36-64(54-16-12-11-15-53(54)63)57-50(38-17-21-43(60)22-18-38)31-42(59(6,7)8)32-51(57)39-19-23-44(61)24-20-39;/h9-33,37H,1-8H3;/q;+2/i37D;. The first-order chi connectivity index (χ1) is 31.9. The number of pyridine rings is 1. The Balaban J connectivity index is 0.00000578. The number of halogens is 2. The molecule has 0 fully saturated rings. The molecule has 67 heavy (non-hydrogen) atoms. The molecule has 3 heterocycles. The fourth-order valence-corrected chi connectivity index (χ4v) is 8.70. The van der Waals surface area contributed by atoms with Gasteiger partial charge in [-0.1, -0.05) is 132 Å². The molecule has 0 amide bonds. The molecule has 10 rings (SSSR count). The van der Waals surface area contributed by atoms with Crippen LogP contribution in [0.5, 0.6) is 11.5 Å². The molecule has 0 unspecified atom stereocenters. The number of nitrogens with zero attached hydrogens (tertiary/aromatic N) is 4. The first-order valence-electron chi connectivity index (χ1n) is 22.7. The van der Waals surface area contributed by atoms with E-state index in [1.807, 2.05) is 83.8 Å². The van der Waals surface area contributed by atoms with E-state index in [2.05, 4.69) is 107 Å². The van der Waals surface area contributed by atoms with Crippen LogP contribution in [-0.2, 0) is 31.9 Å². The van der Waals surface area contributed by atoms with E-state index in [1.54, 1.807) is 24.3 Å². The van der Waals surface area contributed by atoms with Gasteiger partial charge in [0, 0.05) is 36.7 Å². The number of ether oxygens (including phenoxy) is 1. The van der Waals surface area contributed by atoms with E-state index in [4.69, 9.17) is 9.72 Å². The van der Waals surface area contributed by atoms with Crippen LogP contribution < -0.4 is 13.9 Å². The Morgan fingerprint density at radius 3 is 1.85 bits per heavy atom. The summed E-state index contributed by atoms with van der Waals surface area (Å²) >= 11 is 0. The van der Waals surface area contributed by atoms with Gasteiger partial charge in [-0.3, -0.25) is 0 Å². The molecule has 0 saturated carbocycles. The van der Waals surface area contributed by atoms with E-state index in [-0.39, 0.29) is 43.5 Å². The summed E-state index contributed by atoms with van der Waals surface area (Å²) in [5.41, 5.74) is 10.8. The topological polar surface area (TPSA) is 33.1 Å². The van der Waals surface area contributed by atoms with Crippen LogP contribution in [0, 0.1) is 23.8 Å². The second-order valence-electron chi connectivity index (χ2n) is 19.3. The van der Waals surface area contributed by atoms with Gasteiger partial charge in [0.05, 0.1) is 11.1 Å². The molecule has 0 saturated heterocycles.